The molecule has 0 aliphatic rings. The molecule has 1 aromatic carbocycles. The highest BCUT2D eigenvalue weighted by atomic mass is 79.9. The first-order valence-corrected chi connectivity index (χ1v) is 9.01. The lowest BCUT2D eigenvalue weighted by molar-refractivity contribution is -0.116. The number of halogens is 1. The van der Waals surface area contributed by atoms with Crippen molar-refractivity contribution in [2.45, 2.75) is 24.8 Å². The lowest BCUT2D eigenvalue weighted by Crippen LogP contribution is -2.42. The largest absolute Gasteiger partial charge is 0.363 e. The molecule has 1 N–H and O–H groups in total. The number of amides is 1. The Labute approximate surface area is 142 Å². The third kappa shape index (κ3) is 4.40. The molecule has 1 heterocycles. The lowest BCUT2D eigenvalue weighted by atomic mass is 10.4. The molecule has 23 heavy (non-hydrogen) atoms. The van der Waals surface area contributed by atoms with Crippen LogP contribution in [0, 0.1) is 0 Å². The van der Waals surface area contributed by atoms with Gasteiger partial charge < -0.3 is 9.84 Å². The normalized spacial score (nSPS) is 11.9. The second kappa shape index (κ2) is 7.24. The first-order chi connectivity index (χ1) is 10.8. The molecule has 1 aromatic heterocycles. The fourth-order valence-corrected chi connectivity index (χ4v) is 3.75. The van der Waals surface area contributed by atoms with Crippen LogP contribution in [-0.4, -0.2) is 36.4 Å². The maximum atomic E-state index is 12.7. The van der Waals surface area contributed by atoms with Crippen molar-refractivity contribution in [3.8, 4) is 0 Å². The molecular weight excluding hydrogens is 386 g/mol. The topological polar surface area (TPSA) is 92.5 Å². The van der Waals surface area contributed by atoms with Gasteiger partial charge in [0.15, 0.2) is 5.82 Å². The fraction of sp³-hybridized carbons (Fsp3) is 0.286. The Bertz CT molecular complexity index is 758. The van der Waals surface area contributed by atoms with Crippen LogP contribution in [0.4, 0.5) is 5.82 Å². The SMILES string of the molecule is CC(C)N(CC(=O)Nc1ccon1)S(=O)(=O)c1ccc(Br)cc1. The van der Waals surface area contributed by atoms with E-state index in [2.05, 4.69) is 30.9 Å². The van der Waals surface area contributed by atoms with Crippen molar-refractivity contribution < 1.29 is 17.7 Å². The van der Waals surface area contributed by atoms with E-state index >= 15 is 0 Å². The molecule has 0 fully saturated rings. The summed E-state index contributed by atoms with van der Waals surface area (Å²) < 4.78 is 32.0. The molecule has 0 atom stereocenters. The summed E-state index contributed by atoms with van der Waals surface area (Å²) in [6.45, 7) is 3.10. The molecule has 0 bridgehead atoms. The molecule has 0 saturated carbocycles. The van der Waals surface area contributed by atoms with Crippen LogP contribution in [-0.2, 0) is 14.8 Å². The van der Waals surface area contributed by atoms with Gasteiger partial charge in [-0.25, -0.2) is 8.42 Å². The number of rotatable bonds is 6. The lowest BCUT2D eigenvalue weighted by Gasteiger charge is -2.25. The van der Waals surface area contributed by atoms with Crippen LogP contribution in [0.15, 0.2) is 50.5 Å². The number of hydrogen-bond donors (Lipinski definition) is 1. The van der Waals surface area contributed by atoms with E-state index in [4.69, 9.17) is 0 Å². The molecule has 7 nitrogen and oxygen atoms in total. The molecule has 1 amide bonds. The molecule has 0 spiro atoms. The monoisotopic (exact) mass is 401 g/mol. The Morgan fingerprint density at radius 3 is 2.48 bits per heavy atom. The molecule has 2 aromatic rings. The van der Waals surface area contributed by atoms with E-state index in [0.29, 0.717) is 0 Å². The quantitative estimate of drug-likeness (QED) is 0.802. The van der Waals surface area contributed by atoms with Gasteiger partial charge in [-0.1, -0.05) is 21.1 Å². The molecule has 9 heteroatoms. The van der Waals surface area contributed by atoms with Crippen molar-refractivity contribution >= 4 is 37.7 Å². The summed E-state index contributed by atoms with van der Waals surface area (Å²) in [4.78, 5) is 12.2. The zero-order chi connectivity index (χ0) is 17.0. The summed E-state index contributed by atoms with van der Waals surface area (Å²) in [6, 6.07) is 7.35. The number of hydrogen-bond acceptors (Lipinski definition) is 5. The van der Waals surface area contributed by atoms with Gasteiger partial charge in [-0.2, -0.15) is 4.31 Å². The Kier molecular flexibility index (Phi) is 5.55. The molecule has 0 radical (unpaired) electrons. The van der Waals surface area contributed by atoms with Crippen molar-refractivity contribution in [3.05, 3.63) is 41.1 Å². The molecule has 0 aliphatic heterocycles. The van der Waals surface area contributed by atoms with Crippen LogP contribution in [0.1, 0.15) is 13.8 Å². The summed E-state index contributed by atoms with van der Waals surface area (Å²) in [5.41, 5.74) is 0. The Balaban J connectivity index is 2.20. The van der Waals surface area contributed by atoms with Gasteiger partial charge in [-0.05, 0) is 38.1 Å². The van der Waals surface area contributed by atoms with Crippen molar-refractivity contribution in [2.24, 2.45) is 0 Å². The van der Waals surface area contributed by atoms with Crippen LogP contribution in [0.2, 0.25) is 0 Å². The summed E-state index contributed by atoms with van der Waals surface area (Å²) in [6.07, 6.45) is 1.31. The number of aromatic nitrogens is 1. The van der Waals surface area contributed by atoms with E-state index in [1.807, 2.05) is 0 Å². The smallest absolute Gasteiger partial charge is 0.243 e. The van der Waals surface area contributed by atoms with Crippen LogP contribution in [0.5, 0.6) is 0 Å². The van der Waals surface area contributed by atoms with Gasteiger partial charge in [-0.3, -0.25) is 4.79 Å². The number of benzene rings is 1. The average Bonchev–Trinajstić information content (AvgIpc) is 2.97. The van der Waals surface area contributed by atoms with E-state index in [1.165, 1.54) is 24.5 Å². The number of carbonyl (C=O) groups excluding carboxylic acids is 1. The van der Waals surface area contributed by atoms with E-state index < -0.39 is 15.9 Å². The number of sulfonamides is 1. The summed E-state index contributed by atoms with van der Waals surface area (Å²) in [5.74, 6) is -0.256. The maximum absolute atomic E-state index is 12.7. The second-order valence-electron chi connectivity index (χ2n) is 5.03. The number of carbonyl (C=O) groups is 1. The fourth-order valence-electron chi connectivity index (χ4n) is 1.89. The maximum Gasteiger partial charge on any atom is 0.243 e. The molecule has 124 valence electrons. The van der Waals surface area contributed by atoms with Gasteiger partial charge in [0.2, 0.25) is 15.9 Å². The van der Waals surface area contributed by atoms with Crippen molar-refractivity contribution in [3.63, 3.8) is 0 Å². The molecular formula is C14H16BrN3O4S. The molecule has 0 unspecified atom stereocenters. The zero-order valence-electron chi connectivity index (χ0n) is 12.6. The van der Waals surface area contributed by atoms with Gasteiger partial charge in [0.25, 0.3) is 0 Å². The molecule has 0 aliphatic carbocycles. The summed E-state index contributed by atoms with van der Waals surface area (Å²) in [5, 5.41) is 6.04. The third-order valence-electron chi connectivity index (χ3n) is 3.00. The van der Waals surface area contributed by atoms with Crippen molar-refractivity contribution in [2.75, 3.05) is 11.9 Å². The minimum Gasteiger partial charge on any atom is -0.363 e. The van der Waals surface area contributed by atoms with Crippen LogP contribution >= 0.6 is 15.9 Å². The van der Waals surface area contributed by atoms with Crippen LogP contribution < -0.4 is 5.32 Å². The van der Waals surface area contributed by atoms with Crippen molar-refractivity contribution in [1.82, 2.24) is 9.46 Å². The van der Waals surface area contributed by atoms with Gasteiger partial charge in [0.1, 0.15) is 6.26 Å². The van der Waals surface area contributed by atoms with Gasteiger partial charge in [-0.15, -0.1) is 0 Å². The van der Waals surface area contributed by atoms with E-state index in [0.717, 1.165) is 8.78 Å². The van der Waals surface area contributed by atoms with Gasteiger partial charge in [0.05, 0.1) is 11.4 Å². The first-order valence-electron chi connectivity index (χ1n) is 6.78. The van der Waals surface area contributed by atoms with E-state index in [-0.39, 0.29) is 23.3 Å². The average molecular weight is 402 g/mol. The highest BCUT2D eigenvalue weighted by molar-refractivity contribution is 9.10. The van der Waals surface area contributed by atoms with Gasteiger partial charge >= 0.3 is 0 Å². The highest BCUT2D eigenvalue weighted by Crippen LogP contribution is 2.20. The van der Waals surface area contributed by atoms with Crippen LogP contribution in [0.3, 0.4) is 0 Å². The molecule has 0 saturated heterocycles. The summed E-state index contributed by atoms with van der Waals surface area (Å²) in [7, 11) is -3.78. The first kappa shape index (κ1) is 17.6. The van der Waals surface area contributed by atoms with Gasteiger partial charge in [0, 0.05) is 16.6 Å². The minimum atomic E-state index is -3.78. The molecule has 2 rings (SSSR count). The number of nitrogens with zero attached hydrogens (tertiary/aromatic N) is 2. The Morgan fingerprint density at radius 1 is 1.30 bits per heavy atom. The second-order valence-corrected chi connectivity index (χ2v) is 7.84. The zero-order valence-corrected chi connectivity index (χ0v) is 15.0. The Hall–Kier alpha value is -1.71. The Morgan fingerprint density at radius 2 is 1.96 bits per heavy atom. The van der Waals surface area contributed by atoms with E-state index in [9.17, 15) is 13.2 Å². The van der Waals surface area contributed by atoms with Crippen molar-refractivity contribution in [1.29, 1.82) is 0 Å². The minimum absolute atomic E-state index is 0.128. The predicted molar refractivity (Wildman–Crippen MR) is 88.3 cm³/mol. The summed E-state index contributed by atoms with van der Waals surface area (Å²) >= 11 is 3.26. The number of anilines is 1. The third-order valence-corrected chi connectivity index (χ3v) is 5.57. The van der Waals surface area contributed by atoms with E-state index in [1.54, 1.807) is 26.0 Å². The number of nitrogens with one attached hydrogen (secondary N) is 1. The highest BCUT2D eigenvalue weighted by Gasteiger charge is 2.29. The standard InChI is InChI=1S/C14H16BrN3O4S/c1-10(2)18(9-14(19)16-13-7-8-22-17-13)23(20,21)12-5-3-11(15)4-6-12/h3-8,10H,9H2,1-2H3,(H,16,17,19). The predicted octanol–water partition coefficient (Wildman–Crippen LogP) is 2.47. The van der Waals surface area contributed by atoms with Crippen LogP contribution in [0.25, 0.3) is 0 Å².